The van der Waals surface area contributed by atoms with Gasteiger partial charge in [0, 0.05) is 23.0 Å². The zero-order chi connectivity index (χ0) is 16.2. The van der Waals surface area contributed by atoms with Crippen molar-refractivity contribution >= 4 is 33.0 Å². The Morgan fingerprint density at radius 1 is 1.17 bits per heavy atom. The van der Waals surface area contributed by atoms with Crippen LogP contribution in [0, 0.1) is 0 Å². The second kappa shape index (κ2) is 7.01. The molecule has 0 saturated heterocycles. The summed E-state index contributed by atoms with van der Waals surface area (Å²) in [6.07, 6.45) is 0.901. The van der Waals surface area contributed by atoms with Gasteiger partial charge < -0.3 is 0 Å². The van der Waals surface area contributed by atoms with Gasteiger partial charge in [-0.2, -0.15) is 9.36 Å². The topological polar surface area (TPSA) is 69.8 Å². The minimum Gasteiger partial charge on any atom is -0.294 e. The maximum atomic E-state index is 12.2. The molecular formula is C15H13BrN4O2S. The lowest BCUT2D eigenvalue weighted by atomic mass is 10.1. The molecule has 2 heterocycles. The Hall–Kier alpha value is -2.06. The lowest BCUT2D eigenvalue weighted by Gasteiger charge is -2.01. The number of ketones is 1. The molecule has 118 valence electrons. The molecule has 0 aliphatic rings. The molecule has 6 nitrogen and oxygen atoms in total. The van der Waals surface area contributed by atoms with E-state index in [-0.39, 0.29) is 11.5 Å². The third-order valence-electron chi connectivity index (χ3n) is 3.29. The first-order valence-electron chi connectivity index (χ1n) is 7.00. The Bertz CT molecular complexity index is 852. The van der Waals surface area contributed by atoms with Crippen molar-refractivity contribution in [1.29, 1.82) is 0 Å². The molecule has 0 bridgehead atoms. The van der Waals surface area contributed by atoms with Gasteiger partial charge in [-0.3, -0.25) is 4.79 Å². The molecule has 0 N–H and O–H groups in total. The molecular weight excluding hydrogens is 380 g/mol. The Labute approximate surface area is 144 Å². The van der Waals surface area contributed by atoms with Crippen LogP contribution in [0.4, 0.5) is 0 Å². The second-order valence-corrected chi connectivity index (χ2v) is 6.72. The molecule has 2 aromatic heterocycles. The maximum absolute atomic E-state index is 12.2. The molecule has 0 aliphatic heterocycles. The van der Waals surface area contributed by atoms with E-state index in [0.29, 0.717) is 24.9 Å². The molecule has 0 aliphatic carbocycles. The van der Waals surface area contributed by atoms with E-state index in [9.17, 15) is 9.59 Å². The van der Waals surface area contributed by atoms with Crippen LogP contribution in [0.5, 0.6) is 0 Å². The Kier molecular flexibility index (Phi) is 4.82. The summed E-state index contributed by atoms with van der Waals surface area (Å²) in [6.45, 7) is 0.368. The SMILES string of the molecule is O=C(CCCn1nnn(-c2cccs2)c1=O)c1ccc(Br)cc1. The lowest BCUT2D eigenvalue weighted by molar-refractivity contribution is 0.0978. The van der Waals surface area contributed by atoms with Crippen LogP contribution in [0.25, 0.3) is 5.00 Å². The summed E-state index contributed by atoms with van der Waals surface area (Å²) < 4.78 is 3.49. The van der Waals surface area contributed by atoms with Gasteiger partial charge >= 0.3 is 5.69 Å². The van der Waals surface area contributed by atoms with E-state index in [1.54, 1.807) is 12.1 Å². The lowest BCUT2D eigenvalue weighted by Crippen LogP contribution is -2.24. The van der Waals surface area contributed by atoms with Crippen LogP contribution >= 0.6 is 27.3 Å². The largest absolute Gasteiger partial charge is 0.369 e. The van der Waals surface area contributed by atoms with Gasteiger partial charge in [0.15, 0.2) is 5.78 Å². The highest BCUT2D eigenvalue weighted by Gasteiger charge is 2.10. The molecule has 23 heavy (non-hydrogen) atoms. The summed E-state index contributed by atoms with van der Waals surface area (Å²) in [7, 11) is 0. The van der Waals surface area contributed by atoms with Crippen molar-refractivity contribution in [3.63, 3.8) is 0 Å². The average Bonchev–Trinajstić information content (AvgIpc) is 3.18. The normalized spacial score (nSPS) is 10.8. The summed E-state index contributed by atoms with van der Waals surface area (Å²) in [4.78, 5) is 24.2. The Morgan fingerprint density at radius 2 is 1.96 bits per heavy atom. The smallest absolute Gasteiger partial charge is 0.294 e. The van der Waals surface area contributed by atoms with Gasteiger partial charge in [-0.15, -0.1) is 11.3 Å². The van der Waals surface area contributed by atoms with E-state index in [2.05, 4.69) is 26.4 Å². The molecule has 0 atom stereocenters. The zero-order valence-electron chi connectivity index (χ0n) is 12.1. The number of carbonyl (C=O) groups is 1. The number of benzene rings is 1. The Balaban J connectivity index is 1.60. The van der Waals surface area contributed by atoms with Crippen molar-refractivity contribution in [2.45, 2.75) is 19.4 Å². The molecule has 0 spiro atoms. The number of thiophene rings is 1. The van der Waals surface area contributed by atoms with Crippen molar-refractivity contribution in [2.24, 2.45) is 0 Å². The maximum Gasteiger partial charge on any atom is 0.369 e. The molecule has 0 unspecified atom stereocenters. The number of carbonyl (C=O) groups excluding carboxylic acids is 1. The fourth-order valence-corrected chi connectivity index (χ4v) is 3.05. The van der Waals surface area contributed by atoms with Crippen LogP contribution in [0.2, 0.25) is 0 Å². The molecule has 0 amide bonds. The molecule has 1 aromatic carbocycles. The van der Waals surface area contributed by atoms with Gasteiger partial charge in [0.05, 0.1) is 0 Å². The van der Waals surface area contributed by atoms with Crippen LogP contribution in [0.15, 0.2) is 51.0 Å². The van der Waals surface area contributed by atoms with Crippen molar-refractivity contribution in [2.75, 3.05) is 0 Å². The summed E-state index contributed by atoms with van der Waals surface area (Å²) >= 11 is 4.76. The van der Waals surface area contributed by atoms with Gasteiger partial charge in [0.2, 0.25) is 0 Å². The monoisotopic (exact) mass is 392 g/mol. The predicted octanol–water partition coefficient (Wildman–Crippen LogP) is 2.92. The second-order valence-electron chi connectivity index (χ2n) is 4.88. The number of hydrogen-bond donors (Lipinski definition) is 0. The molecule has 8 heteroatoms. The summed E-state index contributed by atoms with van der Waals surface area (Å²) in [5.41, 5.74) is 0.381. The zero-order valence-corrected chi connectivity index (χ0v) is 14.5. The Morgan fingerprint density at radius 3 is 2.65 bits per heavy atom. The number of tetrazole rings is 1. The van der Waals surface area contributed by atoms with Gasteiger partial charge in [0.1, 0.15) is 5.00 Å². The van der Waals surface area contributed by atoms with E-state index in [1.807, 2.05) is 29.6 Å². The highest BCUT2D eigenvalue weighted by molar-refractivity contribution is 9.10. The fourth-order valence-electron chi connectivity index (χ4n) is 2.11. The van der Waals surface area contributed by atoms with Crippen molar-refractivity contribution < 1.29 is 4.79 Å². The molecule has 3 aromatic rings. The number of hydrogen-bond acceptors (Lipinski definition) is 5. The van der Waals surface area contributed by atoms with E-state index in [4.69, 9.17) is 0 Å². The van der Waals surface area contributed by atoms with Gasteiger partial charge in [0.25, 0.3) is 0 Å². The van der Waals surface area contributed by atoms with Crippen LogP contribution in [-0.2, 0) is 6.54 Å². The number of halogens is 1. The summed E-state index contributed by atoms with van der Waals surface area (Å²) in [5.74, 6) is 0.0520. The third kappa shape index (κ3) is 3.65. The number of aromatic nitrogens is 4. The minimum absolute atomic E-state index is 0.0520. The predicted molar refractivity (Wildman–Crippen MR) is 91.2 cm³/mol. The first-order chi connectivity index (χ1) is 11.1. The number of nitrogens with zero attached hydrogens (tertiary/aromatic N) is 4. The van der Waals surface area contributed by atoms with E-state index in [0.717, 1.165) is 9.47 Å². The number of rotatable bonds is 6. The van der Waals surface area contributed by atoms with E-state index >= 15 is 0 Å². The van der Waals surface area contributed by atoms with Crippen LogP contribution in [0.3, 0.4) is 0 Å². The van der Waals surface area contributed by atoms with Crippen LogP contribution in [-0.4, -0.2) is 25.6 Å². The van der Waals surface area contributed by atoms with Gasteiger partial charge in [-0.25, -0.2) is 4.79 Å². The van der Waals surface area contributed by atoms with Crippen molar-refractivity contribution in [3.05, 3.63) is 62.3 Å². The first kappa shape index (κ1) is 15.8. The van der Waals surface area contributed by atoms with Gasteiger partial charge in [-0.05, 0) is 46.5 Å². The number of Topliss-reactive ketones (excluding diaryl/α,β-unsaturated/α-hetero) is 1. The van der Waals surface area contributed by atoms with Crippen LogP contribution < -0.4 is 5.69 Å². The number of aryl methyl sites for hydroxylation is 1. The highest BCUT2D eigenvalue weighted by atomic mass is 79.9. The van der Waals surface area contributed by atoms with Crippen LogP contribution in [0.1, 0.15) is 23.2 Å². The highest BCUT2D eigenvalue weighted by Crippen LogP contribution is 2.13. The quantitative estimate of drug-likeness (QED) is 0.604. The standard InChI is InChI=1S/C15H13BrN4O2S/c16-12-7-5-11(6-8-12)13(21)3-1-9-19-15(22)20(18-17-19)14-4-2-10-23-14/h2,4-8,10H,1,3,9H2. The van der Waals surface area contributed by atoms with E-state index in [1.165, 1.54) is 20.7 Å². The molecule has 0 saturated carbocycles. The summed E-state index contributed by atoms with van der Waals surface area (Å²) in [5, 5.41) is 10.3. The fraction of sp³-hybridized carbons (Fsp3) is 0.200. The van der Waals surface area contributed by atoms with Gasteiger partial charge in [-0.1, -0.05) is 28.1 Å². The van der Waals surface area contributed by atoms with Crippen molar-refractivity contribution in [1.82, 2.24) is 19.8 Å². The summed E-state index contributed by atoms with van der Waals surface area (Å²) in [6, 6.07) is 10.9. The minimum atomic E-state index is -0.288. The average molecular weight is 393 g/mol. The first-order valence-corrected chi connectivity index (χ1v) is 8.68. The molecule has 3 rings (SSSR count). The molecule has 0 radical (unpaired) electrons. The third-order valence-corrected chi connectivity index (χ3v) is 4.67. The van der Waals surface area contributed by atoms with E-state index < -0.39 is 0 Å². The van der Waals surface area contributed by atoms with Crippen molar-refractivity contribution in [3.8, 4) is 5.00 Å². The molecule has 0 fully saturated rings.